The first-order valence-electron chi connectivity index (χ1n) is 9.18. The second-order valence-corrected chi connectivity index (χ2v) is 7.09. The number of carbonyl (C=O) groups excluding carboxylic acids is 1. The highest BCUT2D eigenvalue weighted by molar-refractivity contribution is 6.19. The highest BCUT2D eigenvalue weighted by Gasteiger charge is 2.20. The van der Waals surface area contributed by atoms with Gasteiger partial charge in [0.1, 0.15) is 11.6 Å². The molecule has 8 heteroatoms. The number of nitrogens with zero attached hydrogens (tertiary/aromatic N) is 4. The smallest absolute Gasteiger partial charge is 0.413 e. The molecule has 1 unspecified atom stereocenters. The van der Waals surface area contributed by atoms with E-state index in [1.54, 1.807) is 14.1 Å². The number of piperazine rings is 1. The molecule has 1 amide bonds. The third kappa shape index (κ3) is 5.50. The molecule has 1 aliphatic heterocycles. The van der Waals surface area contributed by atoms with Crippen molar-refractivity contribution in [3.63, 3.8) is 0 Å². The normalized spacial score (nSPS) is 15.8. The Kier molecular flexibility index (Phi) is 6.95. The van der Waals surface area contributed by atoms with E-state index in [0.29, 0.717) is 5.75 Å². The maximum Gasteiger partial charge on any atom is 0.413 e. The summed E-state index contributed by atoms with van der Waals surface area (Å²) in [4.78, 5) is 22.0. The first-order chi connectivity index (χ1) is 13.5. The first kappa shape index (κ1) is 20.2. The summed E-state index contributed by atoms with van der Waals surface area (Å²) in [5.41, 5.74) is 1.00. The number of pyridine rings is 1. The summed E-state index contributed by atoms with van der Waals surface area (Å²) in [6, 6.07) is 13.6. The predicted molar refractivity (Wildman–Crippen MR) is 109 cm³/mol. The van der Waals surface area contributed by atoms with Gasteiger partial charge in [-0.1, -0.05) is 24.3 Å². The maximum atomic E-state index is 11.6. The minimum Gasteiger partial charge on any atom is -0.441 e. The summed E-state index contributed by atoms with van der Waals surface area (Å²) in [5.74, 6) is 0.442. The summed E-state index contributed by atoms with van der Waals surface area (Å²) in [7, 11) is 3.18. The molecule has 0 bridgehead atoms. The molecule has 2 heterocycles. The van der Waals surface area contributed by atoms with Gasteiger partial charge in [0.15, 0.2) is 0 Å². The number of para-hydroxylation sites is 1. The quantitative estimate of drug-likeness (QED) is 0.545. The van der Waals surface area contributed by atoms with Crippen molar-refractivity contribution in [3.05, 3.63) is 54.2 Å². The molecule has 1 aliphatic rings. The van der Waals surface area contributed by atoms with Crippen LogP contribution < -0.4 is 9.64 Å². The zero-order chi connectivity index (χ0) is 19.9. The highest BCUT2D eigenvalue weighted by Crippen LogP contribution is 2.23. The number of halogens is 1. The van der Waals surface area contributed by atoms with Crippen molar-refractivity contribution < 1.29 is 14.3 Å². The number of aromatic nitrogens is 1. The lowest BCUT2D eigenvalue weighted by Crippen LogP contribution is -2.46. The van der Waals surface area contributed by atoms with Crippen molar-refractivity contribution in [2.24, 2.45) is 0 Å². The van der Waals surface area contributed by atoms with Gasteiger partial charge in [0.2, 0.25) is 0 Å². The van der Waals surface area contributed by atoms with Crippen LogP contribution in [0.25, 0.3) is 0 Å². The maximum absolute atomic E-state index is 11.6. The van der Waals surface area contributed by atoms with Crippen LogP contribution in [0.4, 0.5) is 10.6 Å². The second-order valence-electron chi connectivity index (χ2n) is 6.73. The topological polar surface area (TPSA) is 58.1 Å². The molecule has 1 aromatic heterocycles. The largest absolute Gasteiger partial charge is 0.441 e. The molecule has 1 saturated heterocycles. The first-order valence-corrected chi connectivity index (χ1v) is 9.61. The molecule has 1 fully saturated rings. The number of ether oxygens (including phenoxy) is 2. The van der Waals surface area contributed by atoms with E-state index in [-0.39, 0.29) is 0 Å². The van der Waals surface area contributed by atoms with Crippen molar-refractivity contribution in [3.8, 4) is 5.75 Å². The standard InChI is InChI=1S/C20H25ClN4O3/c1-23(2)20(26)28-19(21)27-17-8-4-3-7-16(17)15-24-11-13-25(14-12-24)18-9-5-6-10-22-18/h3-10,19H,11-15H2,1-2H3. The van der Waals surface area contributed by atoms with Crippen molar-refractivity contribution in [2.45, 2.75) is 12.3 Å². The lowest BCUT2D eigenvalue weighted by atomic mass is 10.1. The van der Waals surface area contributed by atoms with Crippen LogP contribution in [-0.2, 0) is 11.3 Å². The Labute approximate surface area is 170 Å². The summed E-state index contributed by atoms with van der Waals surface area (Å²) in [6.07, 6.45) is 1.27. The number of rotatable bonds is 6. The van der Waals surface area contributed by atoms with Gasteiger partial charge in [-0.15, -0.1) is 0 Å². The lowest BCUT2D eigenvalue weighted by Gasteiger charge is -2.35. The number of hydrogen-bond donors (Lipinski definition) is 0. The number of alkyl halides is 1. The monoisotopic (exact) mass is 404 g/mol. The molecule has 28 heavy (non-hydrogen) atoms. The van der Waals surface area contributed by atoms with E-state index in [1.807, 2.05) is 48.7 Å². The van der Waals surface area contributed by atoms with E-state index < -0.39 is 11.8 Å². The van der Waals surface area contributed by atoms with Crippen LogP contribution in [0.5, 0.6) is 5.75 Å². The molecule has 0 spiro atoms. The molecule has 2 aromatic rings. The third-order valence-corrected chi connectivity index (χ3v) is 4.67. The van der Waals surface area contributed by atoms with Gasteiger partial charge in [-0.25, -0.2) is 9.78 Å². The minimum absolute atomic E-state index is 0.553. The molecule has 1 aromatic carbocycles. The molecule has 0 saturated carbocycles. The Morgan fingerprint density at radius 3 is 2.54 bits per heavy atom. The Bertz CT molecular complexity index is 767. The molecule has 3 rings (SSSR count). The minimum atomic E-state index is -1.18. The van der Waals surface area contributed by atoms with Gasteiger partial charge in [-0.3, -0.25) is 4.90 Å². The highest BCUT2D eigenvalue weighted by atomic mass is 35.5. The fraction of sp³-hybridized carbons (Fsp3) is 0.400. The van der Waals surface area contributed by atoms with E-state index >= 15 is 0 Å². The number of benzene rings is 1. The molecular formula is C20H25ClN4O3. The summed E-state index contributed by atoms with van der Waals surface area (Å²) >= 11 is 6.04. The van der Waals surface area contributed by atoms with Gasteiger partial charge in [0, 0.05) is 58.6 Å². The number of amides is 1. The van der Waals surface area contributed by atoms with Crippen LogP contribution in [0, 0.1) is 0 Å². The van der Waals surface area contributed by atoms with E-state index in [9.17, 15) is 4.79 Å². The van der Waals surface area contributed by atoms with E-state index in [2.05, 4.69) is 14.8 Å². The summed E-state index contributed by atoms with van der Waals surface area (Å²) < 4.78 is 10.7. The van der Waals surface area contributed by atoms with Gasteiger partial charge in [-0.05, 0) is 29.8 Å². The lowest BCUT2D eigenvalue weighted by molar-refractivity contribution is 0.0124. The molecular weight excluding hydrogens is 380 g/mol. The van der Waals surface area contributed by atoms with Gasteiger partial charge in [-0.2, -0.15) is 0 Å². The van der Waals surface area contributed by atoms with Crippen LogP contribution >= 0.6 is 11.6 Å². The summed E-state index contributed by atoms with van der Waals surface area (Å²) in [5, 5.41) is 0. The van der Waals surface area contributed by atoms with Crippen LogP contribution in [0.2, 0.25) is 0 Å². The van der Waals surface area contributed by atoms with Gasteiger partial charge in [0.25, 0.3) is 0 Å². The van der Waals surface area contributed by atoms with Crippen molar-refractivity contribution in [1.82, 2.24) is 14.8 Å². The van der Waals surface area contributed by atoms with Crippen molar-refractivity contribution in [2.75, 3.05) is 45.2 Å². The summed E-state index contributed by atoms with van der Waals surface area (Å²) in [6.45, 7) is 4.41. The molecule has 0 N–H and O–H groups in total. The average molecular weight is 405 g/mol. The van der Waals surface area contributed by atoms with Crippen molar-refractivity contribution >= 4 is 23.5 Å². The molecule has 1 atom stereocenters. The van der Waals surface area contributed by atoms with Crippen LogP contribution in [0.3, 0.4) is 0 Å². The molecule has 0 aliphatic carbocycles. The number of carbonyl (C=O) groups is 1. The van der Waals surface area contributed by atoms with Gasteiger partial charge in [0.05, 0.1) is 0 Å². The fourth-order valence-electron chi connectivity index (χ4n) is 2.97. The SMILES string of the molecule is CN(C)C(=O)OC(Cl)Oc1ccccc1CN1CCN(c2ccccn2)CC1. The Morgan fingerprint density at radius 2 is 1.86 bits per heavy atom. The van der Waals surface area contributed by atoms with Crippen LogP contribution in [0.1, 0.15) is 5.56 Å². The Morgan fingerprint density at radius 1 is 1.14 bits per heavy atom. The van der Waals surface area contributed by atoms with Crippen LogP contribution in [-0.4, -0.2) is 66.9 Å². The number of anilines is 1. The van der Waals surface area contributed by atoms with E-state index in [0.717, 1.165) is 44.1 Å². The zero-order valence-corrected chi connectivity index (χ0v) is 16.9. The fourth-order valence-corrected chi connectivity index (χ4v) is 3.15. The third-order valence-electron chi connectivity index (χ3n) is 4.49. The van der Waals surface area contributed by atoms with E-state index in [1.165, 1.54) is 4.90 Å². The molecule has 150 valence electrons. The zero-order valence-electron chi connectivity index (χ0n) is 16.1. The number of hydrogen-bond acceptors (Lipinski definition) is 6. The average Bonchev–Trinajstić information content (AvgIpc) is 2.70. The van der Waals surface area contributed by atoms with Crippen LogP contribution in [0.15, 0.2) is 48.7 Å². The molecule has 0 radical (unpaired) electrons. The van der Waals surface area contributed by atoms with Crippen molar-refractivity contribution in [1.29, 1.82) is 0 Å². The Hall–Kier alpha value is -2.51. The Balaban J connectivity index is 1.56. The van der Waals surface area contributed by atoms with E-state index in [4.69, 9.17) is 21.1 Å². The predicted octanol–water partition coefficient (Wildman–Crippen LogP) is 3.00. The van der Waals surface area contributed by atoms with Gasteiger partial charge >= 0.3 is 11.8 Å². The second kappa shape index (κ2) is 9.61. The molecule has 7 nitrogen and oxygen atoms in total. The van der Waals surface area contributed by atoms with Gasteiger partial charge < -0.3 is 19.3 Å².